The first kappa shape index (κ1) is 16.9. The lowest BCUT2D eigenvalue weighted by molar-refractivity contribution is 0.0600. The van der Waals surface area contributed by atoms with E-state index in [9.17, 15) is 9.36 Å². The summed E-state index contributed by atoms with van der Waals surface area (Å²) in [6.45, 7) is 6.97. The van der Waals surface area contributed by atoms with Gasteiger partial charge in [0.1, 0.15) is 0 Å². The zero-order valence-corrected chi connectivity index (χ0v) is 13.4. The van der Waals surface area contributed by atoms with Gasteiger partial charge in [-0.1, -0.05) is 12.1 Å². The molecule has 0 spiro atoms. The molecule has 0 radical (unpaired) electrons. The molecule has 1 atom stereocenters. The number of carbonyl (C=O) groups excluding carboxylic acids is 1. The Hall–Kier alpha value is -1.16. The fourth-order valence-corrected chi connectivity index (χ4v) is 3.05. The fourth-order valence-electron chi connectivity index (χ4n) is 1.62. The van der Waals surface area contributed by atoms with Gasteiger partial charge in [0.15, 0.2) is 0 Å². The first-order valence-corrected chi connectivity index (χ1v) is 8.22. The van der Waals surface area contributed by atoms with Crippen molar-refractivity contribution in [2.45, 2.75) is 33.0 Å². The molecule has 0 heterocycles. The summed E-state index contributed by atoms with van der Waals surface area (Å²) in [4.78, 5) is 11.4. The van der Waals surface area contributed by atoms with Crippen LogP contribution in [0, 0.1) is 0 Å². The van der Waals surface area contributed by atoms with Crippen molar-refractivity contribution in [1.82, 2.24) is 0 Å². The Morgan fingerprint density at radius 2 is 1.95 bits per heavy atom. The smallest absolute Gasteiger partial charge is 0.337 e. The second-order valence-electron chi connectivity index (χ2n) is 5.44. The minimum atomic E-state index is -3.14. The topological polar surface area (TPSA) is 61.8 Å². The highest BCUT2D eigenvalue weighted by Gasteiger charge is 2.25. The van der Waals surface area contributed by atoms with E-state index in [1.807, 2.05) is 20.8 Å². The third-order valence-corrected chi connectivity index (χ3v) is 3.73. The number of esters is 1. The van der Waals surface area contributed by atoms with Gasteiger partial charge >= 0.3 is 13.6 Å². The molecule has 0 fully saturated rings. The van der Waals surface area contributed by atoms with Crippen molar-refractivity contribution in [3.63, 3.8) is 0 Å². The van der Waals surface area contributed by atoms with Crippen LogP contribution in [0.1, 0.15) is 36.7 Å². The lowest BCUT2D eigenvalue weighted by Crippen LogP contribution is -2.17. The van der Waals surface area contributed by atoms with Crippen LogP contribution in [0.5, 0.6) is 0 Å². The Balaban J connectivity index is 2.71. The van der Waals surface area contributed by atoms with Crippen molar-refractivity contribution in [2.24, 2.45) is 0 Å². The van der Waals surface area contributed by atoms with E-state index in [-0.39, 0.29) is 6.61 Å². The zero-order chi connectivity index (χ0) is 15.4. The summed E-state index contributed by atoms with van der Waals surface area (Å²) in [5.74, 6) is -0.419. The quantitative estimate of drug-likeness (QED) is 0.614. The number of hydrogen-bond acceptors (Lipinski definition) is 5. The minimum Gasteiger partial charge on any atom is -0.465 e. The molecule has 1 unspecified atom stereocenters. The van der Waals surface area contributed by atoms with Crippen LogP contribution in [0.25, 0.3) is 0 Å². The van der Waals surface area contributed by atoms with E-state index in [4.69, 9.17) is 9.05 Å². The molecule has 0 aliphatic carbocycles. The number of ether oxygens (including phenoxy) is 1. The molecule has 0 saturated carbocycles. The summed E-state index contributed by atoms with van der Waals surface area (Å²) in [5.41, 5.74) is 0.613. The molecule has 1 aromatic rings. The summed E-state index contributed by atoms with van der Waals surface area (Å²) >= 11 is 0. The van der Waals surface area contributed by atoms with Gasteiger partial charge < -0.3 is 13.8 Å². The predicted octanol–water partition coefficient (Wildman–Crippen LogP) is 3.63. The van der Waals surface area contributed by atoms with Crippen LogP contribution < -0.4 is 0 Å². The number of methoxy groups -OCH3 is 1. The van der Waals surface area contributed by atoms with Crippen LogP contribution in [0.4, 0.5) is 0 Å². The predicted molar refractivity (Wildman–Crippen MR) is 76.9 cm³/mol. The van der Waals surface area contributed by atoms with Crippen LogP contribution in [-0.4, -0.2) is 25.3 Å². The summed E-state index contributed by atoms with van der Waals surface area (Å²) in [6, 6.07) is 6.79. The standard InChI is InChI=1S/C14H21O5P/c1-14(2,3)19-20(5,16)18-10-11-7-6-8-12(9-11)13(15)17-4/h6-9H,10H2,1-5H3. The highest BCUT2D eigenvalue weighted by atomic mass is 31.2. The van der Waals surface area contributed by atoms with E-state index in [1.54, 1.807) is 24.3 Å². The maximum absolute atomic E-state index is 12.1. The molecule has 6 heteroatoms. The van der Waals surface area contributed by atoms with E-state index in [0.29, 0.717) is 5.56 Å². The molecule has 0 aliphatic heterocycles. The van der Waals surface area contributed by atoms with Crippen LogP contribution in [0.15, 0.2) is 24.3 Å². The Labute approximate surface area is 119 Å². The van der Waals surface area contributed by atoms with E-state index >= 15 is 0 Å². The normalized spacial score (nSPS) is 14.7. The highest BCUT2D eigenvalue weighted by molar-refractivity contribution is 7.53. The van der Waals surface area contributed by atoms with Crippen LogP contribution in [0.2, 0.25) is 0 Å². The van der Waals surface area contributed by atoms with Gasteiger partial charge in [-0.3, -0.25) is 4.57 Å². The molecule has 0 N–H and O–H groups in total. The molecule has 0 aromatic heterocycles. The lowest BCUT2D eigenvalue weighted by Gasteiger charge is -2.24. The molecule has 112 valence electrons. The van der Waals surface area contributed by atoms with Gasteiger partial charge in [-0.25, -0.2) is 4.79 Å². The van der Waals surface area contributed by atoms with Gasteiger partial charge in [-0.2, -0.15) is 0 Å². The zero-order valence-electron chi connectivity index (χ0n) is 12.5. The maximum Gasteiger partial charge on any atom is 0.337 e. The summed E-state index contributed by atoms with van der Waals surface area (Å²) in [5, 5.41) is 0. The molecule has 1 rings (SSSR count). The maximum atomic E-state index is 12.1. The van der Waals surface area contributed by atoms with Crippen molar-refractivity contribution in [3.8, 4) is 0 Å². The van der Waals surface area contributed by atoms with Crippen LogP contribution in [0.3, 0.4) is 0 Å². The van der Waals surface area contributed by atoms with Gasteiger partial charge in [0.2, 0.25) is 0 Å². The summed E-state index contributed by atoms with van der Waals surface area (Å²) in [6.07, 6.45) is 0. The molecule has 5 nitrogen and oxygen atoms in total. The van der Waals surface area contributed by atoms with Crippen LogP contribution in [-0.2, 0) is 25.0 Å². The third-order valence-electron chi connectivity index (χ3n) is 2.25. The molecular formula is C14H21O5P. The third kappa shape index (κ3) is 5.87. The summed E-state index contributed by atoms with van der Waals surface area (Å²) in [7, 11) is -1.82. The average Bonchev–Trinajstić information content (AvgIpc) is 2.33. The molecular weight excluding hydrogens is 279 g/mol. The van der Waals surface area contributed by atoms with E-state index in [2.05, 4.69) is 4.74 Å². The monoisotopic (exact) mass is 300 g/mol. The Bertz CT molecular complexity index is 519. The number of carbonyl (C=O) groups is 1. The summed E-state index contributed by atoms with van der Waals surface area (Å²) < 4.78 is 27.5. The molecule has 0 amide bonds. The van der Waals surface area contributed by atoms with Crippen molar-refractivity contribution in [2.75, 3.05) is 13.8 Å². The number of hydrogen-bond donors (Lipinski definition) is 0. The second-order valence-corrected chi connectivity index (χ2v) is 7.42. The van der Waals surface area contributed by atoms with Crippen molar-refractivity contribution < 1.29 is 23.1 Å². The van der Waals surface area contributed by atoms with Gasteiger partial charge in [0, 0.05) is 6.66 Å². The largest absolute Gasteiger partial charge is 0.465 e. The SMILES string of the molecule is COC(=O)c1cccc(COP(C)(=O)OC(C)(C)C)c1. The number of benzene rings is 1. The van der Waals surface area contributed by atoms with Gasteiger partial charge in [0.05, 0.1) is 24.9 Å². The van der Waals surface area contributed by atoms with Gasteiger partial charge in [-0.15, -0.1) is 0 Å². The van der Waals surface area contributed by atoms with Gasteiger partial charge in [-0.05, 0) is 38.5 Å². The first-order valence-electron chi connectivity index (χ1n) is 6.23. The van der Waals surface area contributed by atoms with Crippen molar-refractivity contribution >= 4 is 13.6 Å². The minimum absolute atomic E-state index is 0.106. The van der Waals surface area contributed by atoms with Gasteiger partial charge in [0.25, 0.3) is 0 Å². The molecule has 20 heavy (non-hydrogen) atoms. The van der Waals surface area contributed by atoms with Crippen molar-refractivity contribution in [3.05, 3.63) is 35.4 Å². The molecule has 1 aromatic carbocycles. The van der Waals surface area contributed by atoms with E-state index < -0.39 is 19.2 Å². The highest BCUT2D eigenvalue weighted by Crippen LogP contribution is 2.48. The number of rotatable bonds is 5. The first-order chi connectivity index (χ1) is 9.13. The fraction of sp³-hybridized carbons (Fsp3) is 0.500. The van der Waals surface area contributed by atoms with E-state index in [0.717, 1.165) is 5.56 Å². The molecule has 0 bridgehead atoms. The Morgan fingerprint density at radius 3 is 2.50 bits per heavy atom. The Kier molecular flexibility index (Phi) is 5.51. The average molecular weight is 300 g/mol. The Morgan fingerprint density at radius 1 is 1.30 bits per heavy atom. The molecule has 0 aliphatic rings. The second kappa shape index (κ2) is 6.53. The van der Waals surface area contributed by atoms with Crippen LogP contribution >= 0.6 is 7.60 Å². The lowest BCUT2D eigenvalue weighted by atomic mass is 10.1. The van der Waals surface area contributed by atoms with Crippen molar-refractivity contribution in [1.29, 1.82) is 0 Å². The molecule has 0 saturated heterocycles. The van der Waals surface area contributed by atoms with E-state index in [1.165, 1.54) is 13.8 Å².